The predicted molar refractivity (Wildman–Crippen MR) is 135 cm³/mol. The number of rotatable bonds is 6. The van der Waals surface area contributed by atoms with Gasteiger partial charge in [0.2, 0.25) is 0 Å². The fraction of sp³-hybridized carbons (Fsp3) is 0.154. The van der Waals surface area contributed by atoms with Crippen LogP contribution in [0, 0.1) is 0 Å². The van der Waals surface area contributed by atoms with Crippen LogP contribution in [0.4, 0.5) is 18.9 Å². The number of amides is 1. The Kier molecular flexibility index (Phi) is 6.97. The van der Waals surface area contributed by atoms with E-state index in [4.69, 9.17) is 4.74 Å². The summed E-state index contributed by atoms with van der Waals surface area (Å²) in [5.74, 6) is -0.687. The molecule has 0 atom stereocenters. The third-order valence-corrected chi connectivity index (χ3v) is 6.51. The van der Waals surface area contributed by atoms with Crippen LogP contribution in [0.3, 0.4) is 0 Å². The Morgan fingerprint density at radius 3 is 2.62 bits per heavy atom. The van der Waals surface area contributed by atoms with Gasteiger partial charge in [-0.1, -0.05) is 24.3 Å². The number of aromatic nitrogens is 3. The van der Waals surface area contributed by atoms with Gasteiger partial charge in [0, 0.05) is 28.7 Å². The summed E-state index contributed by atoms with van der Waals surface area (Å²) < 4.78 is 49.3. The first kappa shape index (κ1) is 24.6. The van der Waals surface area contributed by atoms with Crippen LogP contribution >= 0.6 is 11.3 Å². The Morgan fingerprint density at radius 2 is 1.92 bits per heavy atom. The Labute approximate surface area is 214 Å². The molecule has 3 heterocycles. The molecular weight excluding hydrogens is 503 g/mol. The van der Waals surface area contributed by atoms with E-state index in [2.05, 4.69) is 25.8 Å². The molecule has 37 heavy (non-hydrogen) atoms. The molecule has 0 spiro atoms. The van der Waals surface area contributed by atoms with Crippen LogP contribution in [-0.2, 0) is 6.18 Å². The molecular formula is C26H20F3N5O2S. The van der Waals surface area contributed by atoms with E-state index in [0.29, 0.717) is 35.7 Å². The number of hydrogen-bond donors (Lipinski definition) is 2. The highest BCUT2D eigenvalue weighted by Crippen LogP contribution is 2.46. The molecule has 0 radical (unpaired) electrons. The number of ether oxygens (including phenoxy) is 1. The van der Waals surface area contributed by atoms with E-state index in [1.165, 1.54) is 35.9 Å². The molecule has 4 aromatic rings. The lowest BCUT2D eigenvalue weighted by molar-refractivity contribution is -0.138. The number of thiazole rings is 1. The van der Waals surface area contributed by atoms with Crippen molar-refractivity contribution in [3.8, 4) is 22.1 Å². The molecule has 1 amide bonds. The third-order valence-electron chi connectivity index (χ3n) is 5.62. The van der Waals surface area contributed by atoms with Crippen LogP contribution in [0.25, 0.3) is 16.1 Å². The summed E-state index contributed by atoms with van der Waals surface area (Å²) in [6.45, 7) is 0.925. The summed E-state index contributed by atoms with van der Waals surface area (Å²) in [7, 11) is 0. The number of hydrogen-bond acceptors (Lipinski definition) is 7. The second-order valence-electron chi connectivity index (χ2n) is 8.08. The normalized spacial score (nSPS) is 13.6. The van der Waals surface area contributed by atoms with E-state index in [1.54, 1.807) is 47.9 Å². The summed E-state index contributed by atoms with van der Waals surface area (Å²) in [4.78, 5) is 17.4. The second kappa shape index (κ2) is 10.5. The zero-order valence-electron chi connectivity index (χ0n) is 19.2. The molecule has 0 bridgehead atoms. The van der Waals surface area contributed by atoms with Crippen LogP contribution in [0.1, 0.15) is 28.0 Å². The van der Waals surface area contributed by atoms with Crippen LogP contribution in [0.15, 0.2) is 72.4 Å². The first-order valence-electron chi connectivity index (χ1n) is 11.3. The third kappa shape index (κ3) is 5.52. The molecule has 0 fully saturated rings. The van der Waals surface area contributed by atoms with Crippen molar-refractivity contribution in [1.29, 1.82) is 0 Å². The Hall–Kier alpha value is -4.09. The summed E-state index contributed by atoms with van der Waals surface area (Å²) >= 11 is 1.23. The predicted octanol–water partition coefficient (Wildman–Crippen LogP) is 6.04. The van der Waals surface area contributed by atoms with Gasteiger partial charge in [0.1, 0.15) is 27.8 Å². The minimum atomic E-state index is -4.74. The van der Waals surface area contributed by atoms with Gasteiger partial charge in [-0.15, -0.1) is 11.3 Å². The number of carbonyl (C=O) groups excluding carboxylic acids is 1. The SMILES string of the molecule is O=C(Nc1ccc(Oc2ccccc2)c(C(F)(F)F)c1C1=CCNCC1)c1csc(-c2ccnnc2)n1. The van der Waals surface area contributed by atoms with Crippen LogP contribution in [0.5, 0.6) is 11.5 Å². The van der Waals surface area contributed by atoms with Gasteiger partial charge >= 0.3 is 6.18 Å². The molecule has 0 unspecified atom stereocenters. The van der Waals surface area contributed by atoms with Gasteiger partial charge in [-0.3, -0.25) is 4.79 Å². The largest absolute Gasteiger partial charge is 0.457 e. The maximum atomic E-state index is 14.5. The van der Waals surface area contributed by atoms with Crippen LogP contribution in [-0.4, -0.2) is 34.2 Å². The number of nitrogens with zero attached hydrogens (tertiary/aromatic N) is 3. The zero-order chi connectivity index (χ0) is 25.8. The van der Waals surface area contributed by atoms with Gasteiger partial charge in [0.15, 0.2) is 0 Å². The minimum Gasteiger partial charge on any atom is -0.457 e. The molecule has 11 heteroatoms. The topological polar surface area (TPSA) is 89.0 Å². The molecule has 0 saturated heterocycles. The van der Waals surface area contributed by atoms with Crippen molar-refractivity contribution in [2.75, 3.05) is 18.4 Å². The molecule has 0 saturated carbocycles. The molecule has 1 aliphatic heterocycles. The molecule has 7 nitrogen and oxygen atoms in total. The smallest absolute Gasteiger partial charge is 0.420 e. The number of carbonyl (C=O) groups is 1. The molecule has 2 aromatic heterocycles. The van der Waals surface area contributed by atoms with Gasteiger partial charge in [0.25, 0.3) is 5.91 Å². The fourth-order valence-electron chi connectivity index (χ4n) is 3.97. The van der Waals surface area contributed by atoms with Crippen molar-refractivity contribution in [2.45, 2.75) is 12.6 Å². The maximum Gasteiger partial charge on any atom is 0.420 e. The molecule has 2 N–H and O–H groups in total. The first-order valence-corrected chi connectivity index (χ1v) is 12.2. The van der Waals surface area contributed by atoms with Crippen molar-refractivity contribution in [1.82, 2.24) is 20.5 Å². The molecule has 188 valence electrons. The molecule has 1 aliphatic rings. The van der Waals surface area contributed by atoms with E-state index in [1.807, 2.05) is 0 Å². The van der Waals surface area contributed by atoms with Crippen LogP contribution < -0.4 is 15.4 Å². The fourth-order valence-corrected chi connectivity index (χ4v) is 4.76. The number of nitrogens with one attached hydrogen (secondary N) is 2. The van der Waals surface area contributed by atoms with Crippen molar-refractivity contribution >= 4 is 28.5 Å². The lowest BCUT2D eigenvalue weighted by Gasteiger charge is -2.24. The monoisotopic (exact) mass is 523 g/mol. The van der Waals surface area contributed by atoms with Crippen molar-refractivity contribution < 1.29 is 22.7 Å². The maximum absolute atomic E-state index is 14.5. The Balaban J connectivity index is 1.55. The van der Waals surface area contributed by atoms with E-state index >= 15 is 0 Å². The molecule has 5 rings (SSSR count). The number of anilines is 1. The summed E-state index contributed by atoms with van der Waals surface area (Å²) in [6.07, 6.45) is 0.342. The van der Waals surface area contributed by atoms with Gasteiger partial charge in [-0.05, 0) is 48.9 Å². The summed E-state index contributed by atoms with van der Waals surface area (Å²) in [5.41, 5.74) is 0.225. The minimum absolute atomic E-state index is 0.0333. The first-order chi connectivity index (χ1) is 17.9. The van der Waals surface area contributed by atoms with Gasteiger partial charge in [0.05, 0.1) is 12.4 Å². The van der Waals surface area contributed by atoms with E-state index in [-0.39, 0.29) is 28.4 Å². The van der Waals surface area contributed by atoms with Crippen molar-refractivity contribution in [2.24, 2.45) is 0 Å². The Bertz CT molecular complexity index is 1440. The number of para-hydroxylation sites is 1. The average Bonchev–Trinajstić information content (AvgIpc) is 3.41. The highest BCUT2D eigenvalue weighted by atomic mass is 32.1. The average molecular weight is 524 g/mol. The molecule has 0 aliphatic carbocycles. The number of benzene rings is 2. The summed E-state index contributed by atoms with van der Waals surface area (Å²) in [6, 6.07) is 12.6. The van der Waals surface area contributed by atoms with Gasteiger partial charge < -0.3 is 15.4 Å². The van der Waals surface area contributed by atoms with Gasteiger partial charge in [-0.2, -0.15) is 23.4 Å². The highest BCUT2D eigenvalue weighted by Gasteiger charge is 2.40. The van der Waals surface area contributed by atoms with Crippen molar-refractivity contribution in [3.05, 3.63) is 89.2 Å². The van der Waals surface area contributed by atoms with Crippen molar-refractivity contribution in [3.63, 3.8) is 0 Å². The Morgan fingerprint density at radius 1 is 1.08 bits per heavy atom. The van der Waals surface area contributed by atoms with Gasteiger partial charge in [-0.25, -0.2) is 4.98 Å². The van der Waals surface area contributed by atoms with E-state index < -0.39 is 17.6 Å². The highest BCUT2D eigenvalue weighted by molar-refractivity contribution is 7.13. The van der Waals surface area contributed by atoms with E-state index in [9.17, 15) is 18.0 Å². The lowest BCUT2D eigenvalue weighted by atomic mass is 9.92. The quantitative estimate of drug-likeness (QED) is 0.320. The standard InChI is InChI=1S/C26H20F3N5O2S/c27-26(28,29)23-21(36-18-4-2-1-3-5-18)7-6-19(22(23)16-8-11-30-12-9-16)33-24(35)20-15-37-25(34-20)17-10-13-31-32-14-17/h1-8,10,13-15,30H,9,11-12H2,(H,33,35). The number of halogens is 3. The lowest BCUT2D eigenvalue weighted by Crippen LogP contribution is -2.23. The zero-order valence-corrected chi connectivity index (χ0v) is 20.1. The summed E-state index contributed by atoms with van der Waals surface area (Å²) in [5, 5.41) is 15.4. The molecule has 2 aromatic carbocycles. The van der Waals surface area contributed by atoms with E-state index in [0.717, 1.165) is 0 Å². The van der Waals surface area contributed by atoms with Crippen LogP contribution in [0.2, 0.25) is 0 Å². The second-order valence-corrected chi connectivity index (χ2v) is 8.94. The number of alkyl halides is 3.